The Morgan fingerprint density at radius 2 is 1.58 bits per heavy atom. The summed E-state index contributed by atoms with van der Waals surface area (Å²) in [5.41, 5.74) is 0.892. The third-order valence-corrected chi connectivity index (χ3v) is 3.08. The van der Waals surface area contributed by atoms with Crippen LogP contribution >= 0.6 is 15.9 Å². The van der Waals surface area contributed by atoms with Crippen LogP contribution in [0.1, 0.15) is 5.56 Å². The second kappa shape index (κ2) is 6.38. The molecule has 0 aromatic heterocycles. The van der Waals surface area contributed by atoms with Crippen LogP contribution in [0.4, 0.5) is 0 Å². The molecule has 0 saturated heterocycles. The maximum Gasteiger partial charge on any atom is 0.315 e. The van der Waals surface area contributed by atoms with Gasteiger partial charge in [0.15, 0.2) is 0 Å². The van der Waals surface area contributed by atoms with Crippen molar-refractivity contribution in [1.29, 1.82) is 0 Å². The van der Waals surface area contributed by atoms with Gasteiger partial charge in [0.05, 0.1) is 13.5 Å². The van der Waals surface area contributed by atoms with E-state index >= 15 is 0 Å². The van der Waals surface area contributed by atoms with E-state index in [0.29, 0.717) is 5.75 Å². The van der Waals surface area contributed by atoms with Gasteiger partial charge in [0.25, 0.3) is 0 Å². The number of carbonyl (C=O) groups is 1. The summed E-state index contributed by atoms with van der Waals surface area (Å²) >= 11 is 3.33. The minimum absolute atomic E-state index is 0.236. The van der Waals surface area contributed by atoms with E-state index in [9.17, 15) is 4.79 Å². The molecule has 2 rings (SSSR count). The van der Waals surface area contributed by atoms with Gasteiger partial charge in [-0.3, -0.25) is 4.79 Å². The van der Waals surface area contributed by atoms with E-state index in [4.69, 9.17) is 9.47 Å². The largest absolute Gasteiger partial charge is 0.497 e. The van der Waals surface area contributed by atoms with Gasteiger partial charge in [0.1, 0.15) is 11.5 Å². The Labute approximate surface area is 120 Å². The molecule has 0 spiro atoms. The fraction of sp³-hybridized carbons (Fsp3) is 0.133. The first-order valence-corrected chi connectivity index (χ1v) is 6.56. The van der Waals surface area contributed by atoms with Gasteiger partial charge in [-0.2, -0.15) is 0 Å². The summed E-state index contributed by atoms with van der Waals surface area (Å²) in [7, 11) is 1.61. The van der Waals surface area contributed by atoms with Gasteiger partial charge in [0, 0.05) is 4.47 Å². The normalized spacial score (nSPS) is 10.0. The van der Waals surface area contributed by atoms with Crippen LogP contribution in [0.2, 0.25) is 0 Å². The van der Waals surface area contributed by atoms with E-state index in [1.807, 2.05) is 36.4 Å². The number of rotatable bonds is 4. The lowest BCUT2D eigenvalue weighted by atomic mass is 10.1. The highest BCUT2D eigenvalue weighted by Crippen LogP contribution is 2.17. The molecule has 0 saturated carbocycles. The molecule has 0 bridgehead atoms. The van der Waals surface area contributed by atoms with Gasteiger partial charge < -0.3 is 9.47 Å². The molecule has 0 unspecified atom stereocenters. The lowest BCUT2D eigenvalue weighted by molar-refractivity contribution is -0.133. The van der Waals surface area contributed by atoms with E-state index in [1.54, 1.807) is 19.2 Å². The zero-order valence-electron chi connectivity index (χ0n) is 10.4. The molecule has 0 N–H and O–H groups in total. The number of carbonyl (C=O) groups excluding carboxylic acids is 1. The van der Waals surface area contributed by atoms with Crippen molar-refractivity contribution in [2.45, 2.75) is 6.42 Å². The van der Waals surface area contributed by atoms with E-state index in [0.717, 1.165) is 15.8 Å². The lowest BCUT2D eigenvalue weighted by Gasteiger charge is -2.05. The molecule has 0 aliphatic carbocycles. The standard InChI is InChI=1S/C15H13BrO3/c1-18-13-6-2-11(3-7-13)10-15(17)19-14-8-4-12(16)5-9-14/h2-9H,10H2,1H3. The van der Waals surface area contributed by atoms with E-state index in [2.05, 4.69) is 15.9 Å². The van der Waals surface area contributed by atoms with Crippen LogP contribution < -0.4 is 9.47 Å². The van der Waals surface area contributed by atoms with Gasteiger partial charge in [-0.1, -0.05) is 28.1 Å². The van der Waals surface area contributed by atoms with Crippen molar-refractivity contribution < 1.29 is 14.3 Å². The first-order valence-electron chi connectivity index (χ1n) is 5.76. The molecule has 2 aromatic carbocycles. The van der Waals surface area contributed by atoms with Crippen LogP contribution in [0.5, 0.6) is 11.5 Å². The lowest BCUT2D eigenvalue weighted by Crippen LogP contribution is -2.11. The molecule has 2 aromatic rings. The summed E-state index contributed by atoms with van der Waals surface area (Å²) in [5, 5.41) is 0. The minimum Gasteiger partial charge on any atom is -0.497 e. The number of benzene rings is 2. The second-order valence-corrected chi connectivity index (χ2v) is 4.87. The Kier molecular flexibility index (Phi) is 4.58. The molecular formula is C15H13BrO3. The van der Waals surface area contributed by atoms with Crippen LogP contribution in [-0.4, -0.2) is 13.1 Å². The highest BCUT2D eigenvalue weighted by Gasteiger charge is 2.06. The summed E-state index contributed by atoms with van der Waals surface area (Å²) < 4.78 is 11.2. The van der Waals surface area contributed by atoms with E-state index < -0.39 is 0 Å². The van der Waals surface area contributed by atoms with Gasteiger partial charge in [0.2, 0.25) is 0 Å². The molecule has 0 heterocycles. The highest BCUT2D eigenvalue weighted by atomic mass is 79.9. The molecule has 0 atom stereocenters. The SMILES string of the molecule is COc1ccc(CC(=O)Oc2ccc(Br)cc2)cc1. The quantitative estimate of drug-likeness (QED) is 0.637. The van der Waals surface area contributed by atoms with Crippen LogP contribution in [0.15, 0.2) is 53.0 Å². The zero-order chi connectivity index (χ0) is 13.7. The summed E-state index contributed by atoms with van der Waals surface area (Å²) in [5.74, 6) is 1.03. The molecule has 19 heavy (non-hydrogen) atoms. The topological polar surface area (TPSA) is 35.5 Å². The van der Waals surface area contributed by atoms with Crippen molar-refractivity contribution in [1.82, 2.24) is 0 Å². The summed E-state index contributed by atoms with van der Waals surface area (Å²) in [6.45, 7) is 0. The minimum atomic E-state index is -0.285. The smallest absolute Gasteiger partial charge is 0.315 e. The number of halogens is 1. The molecule has 3 nitrogen and oxygen atoms in total. The van der Waals surface area contributed by atoms with Crippen LogP contribution in [0.25, 0.3) is 0 Å². The van der Waals surface area contributed by atoms with Gasteiger partial charge in [-0.15, -0.1) is 0 Å². The fourth-order valence-corrected chi connectivity index (χ4v) is 1.84. The molecule has 0 radical (unpaired) electrons. The number of ether oxygens (including phenoxy) is 2. The van der Waals surface area contributed by atoms with Crippen molar-refractivity contribution in [3.8, 4) is 11.5 Å². The Hall–Kier alpha value is -1.81. The monoisotopic (exact) mass is 320 g/mol. The maximum atomic E-state index is 11.8. The van der Waals surface area contributed by atoms with Crippen molar-refractivity contribution in [3.63, 3.8) is 0 Å². The Bertz CT molecular complexity index is 547. The number of esters is 1. The van der Waals surface area contributed by atoms with Crippen molar-refractivity contribution in [2.24, 2.45) is 0 Å². The molecule has 4 heteroatoms. The summed E-state index contributed by atoms with van der Waals surface area (Å²) in [4.78, 5) is 11.8. The van der Waals surface area contributed by atoms with E-state index in [-0.39, 0.29) is 12.4 Å². The Balaban J connectivity index is 1.95. The predicted molar refractivity (Wildman–Crippen MR) is 76.5 cm³/mol. The van der Waals surface area contributed by atoms with Crippen LogP contribution in [-0.2, 0) is 11.2 Å². The third-order valence-electron chi connectivity index (χ3n) is 2.55. The molecule has 0 amide bonds. The average Bonchev–Trinajstić information content (AvgIpc) is 2.42. The number of hydrogen-bond acceptors (Lipinski definition) is 3. The summed E-state index contributed by atoms with van der Waals surface area (Å²) in [6.07, 6.45) is 0.236. The molecule has 0 aliphatic rings. The van der Waals surface area contributed by atoms with Gasteiger partial charge >= 0.3 is 5.97 Å². The molecule has 98 valence electrons. The second-order valence-electron chi connectivity index (χ2n) is 3.95. The highest BCUT2D eigenvalue weighted by molar-refractivity contribution is 9.10. The Morgan fingerprint density at radius 3 is 2.16 bits per heavy atom. The third kappa shape index (κ3) is 4.10. The molecular weight excluding hydrogens is 308 g/mol. The van der Waals surface area contributed by atoms with Gasteiger partial charge in [-0.05, 0) is 42.0 Å². The summed E-state index contributed by atoms with van der Waals surface area (Å²) in [6, 6.07) is 14.5. The van der Waals surface area contributed by atoms with Crippen LogP contribution in [0, 0.1) is 0 Å². The zero-order valence-corrected chi connectivity index (χ0v) is 12.0. The molecule has 0 aliphatic heterocycles. The molecule has 0 fully saturated rings. The number of methoxy groups -OCH3 is 1. The fourth-order valence-electron chi connectivity index (χ4n) is 1.58. The predicted octanol–water partition coefficient (Wildman–Crippen LogP) is 3.61. The van der Waals surface area contributed by atoms with E-state index in [1.165, 1.54) is 0 Å². The van der Waals surface area contributed by atoms with Crippen LogP contribution in [0.3, 0.4) is 0 Å². The van der Waals surface area contributed by atoms with Crippen molar-refractivity contribution in [3.05, 3.63) is 58.6 Å². The first-order chi connectivity index (χ1) is 9.17. The Morgan fingerprint density at radius 1 is 1.00 bits per heavy atom. The maximum absolute atomic E-state index is 11.8. The van der Waals surface area contributed by atoms with Crippen molar-refractivity contribution in [2.75, 3.05) is 7.11 Å². The first kappa shape index (κ1) is 13.6. The van der Waals surface area contributed by atoms with Crippen molar-refractivity contribution >= 4 is 21.9 Å². The average molecular weight is 321 g/mol. The van der Waals surface area contributed by atoms with Gasteiger partial charge in [-0.25, -0.2) is 0 Å². The number of hydrogen-bond donors (Lipinski definition) is 0.